The minimum atomic E-state index is -1.43. The number of esters is 2. The third-order valence-electron chi connectivity index (χ3n) is 9.11. The summed E-state index contributed by atoms with van der Waals surface area (Å²) < 4.78 is 10.7. The molecular weight excluding hydrogens is 454 g/mol. The van der Waals surface area contributed by atoms with E-state index in [4.69, 9.17) is 14.6 Å². The average Bonchev–Trinajstić information content (AvgIpc) is 2.80. The van der Waals surface area contributed by atoms with E-state index in [2.05, 4.69) is 0 Å². The van der Waals surface area contributed by atoms with Crippen LogP contribution in [0.25, 0.3) is 0 Å². The Balaban J connectivity index is 2.01. The molecule has 0 aromatic rings. The van der Waals surface area contributed by atoms with Crippen molar-refractivity contribution >= 4 is 23.6 Å². The summed E-state index contributed by atoms with van der Waals surface area (Å²) in [6, 6.07) is 0. The molecular formula is C26H39NO8. The zero-order valence-electron chi connectivity index (χ0n) is 21.6. The van der Waals surface area contributed by atoms with Gasteiger partial charge in [-0.25, -0.2) is 0 Å². The Labute approximate surface area is 206 Å². The number of hydrogen-bond donors (Lipinski definition) is 2. The highest BCUT2D eigenvalue weighted by Crippen LogP contribution is 2.64. The van der Waals surface area contributed by atoms with E-state index in [0.717, 1.165) is 5.57 Å². The quantitative estimate of drug-likeness (QED) is 0.435. The van der Waals surface area contributed by atoms with Crippen molar-refractivity contribution in [2.24, 2.45) is 34.5 Å². The fourth-order valence-corrected chi connectivity index (χ4v) is 7.33. The fraction of sp³-hybridized carbons (Fsp3) is 0.769. The van der Waals surface area contributed by atoms with Crippen LogP contribution in [0.3, 0.4) is 0 Å². The number of carbonyl (C=O) groups excluding carboxylic acids is 4. The number of ether oxygens (including phenoxy) is 2. The van der Waals surface area contributed by atoms with E-state index < -0.39 is 46.8 Å². The van der Waals surface area contributed by atoms with E-state index in [1.807, 2.05) is 13.8 Å². The molecule has 3 fully saturated rings. The molecule has 3 saturated carbocycles. The van der Waals surface area contributed by atoms with Crippen molar-refractivity contribution in [1.29, 1.82) is 0 Å². The SMILES string of the molecule is COC(=O)[C@@]1(C)[C@@H](OC(C)=O)CC[C@@]2(C)[C@H]1[C@@H](O)C(=O)[C@H]1[C@@H](C)C(=CC(=O)N(C)CCO)CC[C@@H]12. The van der Waals surface area contributed by atoms with Gasteiger partial charge in [0.15, 0.2) is 5.78 Å². The first kappa shape index (κ1) is 27.3. The van der Waals surface area contributed by atoms with E-state index in [1.54, 1.807) is 20.0 Å². The number of aliphatic hydroxyl groups excluding tert-OH is 2. The largest absolute Gasteiger partial charge is 0.468 e. The van der Waals surface area contributed by atoms with Gasteiger partial charge in [-0.15, -0.1) is 0 Å². The van der Waals surface area contributed by atoms with Gasteiger partial charge in [-0.05, 0) is 49.9 Å². The Morgan fingerprint density at radius 2 is 1.89 bits per heavy atom. The summed E-state index contributed by atoms with van der Waals surface area (Å²) in [5.74, 6) is -3.33. The Morgan fingerprint density at radius 3 is 2.46 bits per heavy atom. The standard InChI is InChI=1S/C26H39NO8/c1-14-16(13-19(30)27(5)11-12-28)7-8-17-20(14)21(31)22(32)23-25(17,3)10-9-18(35-15(2)29)26(23,4)24(33)34-6/h13-14,17-18,20,22-23,28,32H,7-12H2,1-6H3/t14-,17-,18-,20-,22-,23+,25+,26-/m0/s1. The molecule has 0 aromatic heterocycles. The number of aliphatic hydroxyl groups is 2. The van der Waals surface area contributed by atoms with Gasteiger partial charge in [0.25, 0.3) is 0 Å². The van der Waals surface area contributed by atoms with E-state index in [-0.39, 0.29) is 36.7 Å². The first-order valence-electron chi connectivity index (χ1n) is 12.4. The van der Waals surface area contributed by atoms with Crippen LogP contribution < -0.4 is 0 Å². The zero-order valence-corrected chi connectivity index (χ0v) is 21.6. The normalized spacial score (nSPS) is 39.9. The third kappa shape index (κ3) is 4.42. The molecule has 3 aliphatic carbocycles. The summed E-state index contributed by atoms with van der Waals surface area (Å²) in [4.78, 5) is 52.7. The van der Waals surface area contributed by atoms with Crippen LogP contribution in [0.2, 0.25) is 0 Å². The maximum absolute atomic E-state index is 13.7. The molecule has 0 aliphatic heterocycles. The highest BCUT2D eigenvalue weighted by Gasteiger charge is 2.69. The Hall–Kier alpha value is -2.26. The van der Waals surface area contributed by atoms with Gasteiger partial charge in [0.1, 0.15) is 17.6 Å². The summed E-state index contributed by atoms with van der Waals surface area (Å²) in [7, 11) is 2.87. The number of allylic oxidation sites excluding steroid dienone is 1. The summed E-state index contributed by atoms with van der Waals surface area (Å²) in [5, 5.41) is 20.6. The molecule has 3 aliphatic rings. The molecule has 0 unspecified atom stereocenters. The smallest absolute Gasteiger partial charge is 0.315 e. The van der Waals surface area contributed by atoms with Crippen LogP contribution in [-0.2, 0) is 28.7 Å². The lowest BCUT2D eigenvalue weighted by atomic mass is 9.41. The molecule has 0 heterocycles. The maximum Gasteiger partial charge on any atom is 0.315 e. The van der Waals surface area contributed by atoms with Crippen molar-refractivity contribution in [3.05, 3.63) is 11.6 Å². The van der Waals surface area contributed by atoms with Crippen LogP contribution in [0.4, 0.5) is 0 Å². The van der Waals surface area contributed by atoms with Crippen molar-refractivity contribution in [1.82, 2.24) is 4.90 Å². The van der Waals surface area contributed by atoms with Gasteiger partial charge in [-0.1, -0.05) is 19.4 Å². The average molecular weight is 494 g/mol. The lowest BCUT2D eigenvalue weighted by Crippen LogP contribution is -2.68. The molecule has 196 valence electrons. The number of ketones is 1. The van der Waals surface area contributed by atoms with Crippen LogP contribution in [0, 0.1) is 34.5 Å². The number of amides is 1. The van der Waals surface area contributed by atoms with Crippen LogP contribution >= 0.6 is 0 Å². The van der Waals surface area contributed by atoms with E-state index in [1.165, 1.54) is 18.9 Å². The first-order chi connectivity index (χ1) is 16.3. The second-order valence-electron chi connectivity index (χ2n) is 10.9. The van der Waals surface area contributed by atoms with E-state index in [9.17, 15) is 24.3 Å². The number of rotatable bonds is 5. The molecule has 9 nitrogen and oxygen atoms in total. The van der Waals surface area contributed by atoms with Crippen molar-refractivity contribution in [2.75, 3.05) is 27.3 Å². The number of hydrogen-bond acceptors (Lipinski definition) is 8. The predicted octanol–water partition coefficient (Wildman–Crippen LogP) is 1.50. The van der Waals surface area contributed by atoms with Gasteiger partial charge >= 0.3 is 11.9 Å². The molecule has 3 rings (SSSR count). The Morgan fingerprint density at radius 1 is 1.23 bits per heavy atom. The number of likely N-dealkylation sites (N-methyl/N-ethyl adjacent to an activating group) is 1. The molecule has 35 heavy (non-hydrogen) atoms. The highest BCUT2D eigenvalue weighted by atomic mass is 16.6. The van der Waals surface area contributed by atoms with Crippen LogP contribution in [-0.4, -0.2) is 78.3 Å². The first-order valence-corrected chi connectivity index (χ1v) is 12.4. The third-order valence-corrected chi connectivity index (χ3v) is 9.11. The maximum atomic E-state index is 13.7. The van der Waals surface area contributed by atoms with E-state index >= 15 is 0 Å². The molecule has 0 radical (unpaired) electrons. The van der Waals surface area contributed by atoms with Crippen LogP contribution in [0.1, 0.15) is 53.4 Å². The number of methoxy groups -OCH3 is 1. The van der Waals surface area contributed by atoms with Crippen molar-refractivity contribution in [3.63, 3.8) is 0 Å². The predicted molar refractivity (Wildman–Crippen MR) is 126 cm³/mol. The summed E-state index contributed by atoms with van der Waals surface area (Å²) >= 11 is 0. The molecule has 0 bridgehead atoms. The summed E-state index contributed by atoms with van der Waals surface area (Å²) in [5.41, 5.74) is -1.10. The van der Waals surface area contributed by atoms with Gasteiger partial charge in [0.05, 0.1) is 13.7 Å². The van der Waals surface area contributed by atoms with Gasteiger partial charge in [0.2, 0.25) is 5.91 Å². The van der Waals surface area contributed by atoms with Gasteiger partial charge in [-0.3, -0.25) is 19.2 Å². The molecule has 8 atom stereocenters. The summed E-state index contributed by atoms with van der Waals surface area (Å²) in [6.45, 7) is 6.94. The minimum Gasteiger partial charge on any atom is -0.468 e. The van der Waals surface area contributed by atoms with Gasteiger partial charge in [0, 0.05) is 38.4 Å². The van der Waals surface area contributed by atoms with Crippen molar-refractivity contribution in [2.45, 2.75) is 65.6 Å². The monoisotopic (exact) mass is 493 g/mol. The lowest BCUT2D eigenvalue weighted by molar-refractivity contribution is -0.223. The highest BCUT2D eigenvalue weighted by molar-refractivity contribution is 5.91. The fourth-order valence-electron chi connectivity index (χ4n) is 7.33. The topological polar surface area (TPSA) is 130 Å². The Kier molecular flexibility index (Phi) is 7.82. The van der Waals surface area contributed by atoms with Crippen molar-refractivity contribution < 1.29 is 38.9 Å². The second-order valence-corrected chi connectivity index (χ2v) is 10.9. The minimum absolute atomic E-state index is 0.108. The van der Waals surface area contributed by atoms with E-state index in [0.29, 0.717) is 25.7 Å². The van der Waals surface area contributed by atoms with Crippen LogP contribution in [0.15, 0.2) is 11.6 Å². The Bertz CT molecular complexity index is 915. The molecule has 0 aromatic carbocycles. The molecule has 2 N–H and O–H groups in total. The number of Topliss-reactive ketones (excluding diaryl/α,β-unsaturated/α-hetero) is 1. The number of fused-ring (bicyclic) bond motifs is 3. The molecule has 1 amide bonds. The second kappa shape index (κ2) is 10.0. The number of nitrogens with zero attached hydrogens (tertiary/aromatic N) is 1. The lowest BCUT2D eigenvalue weighted by Gasteiger charge is -2.63. The summed E-state index contributed by atoms with van der Waals surface area (Å²) in [6.07, 6.45) is 1.58. The zero-order chi connectivity index (χ0) is 26.3. The van der Waals surface area contributed by atoms with Crippen molar-refractivity contribution in [3.8, 4) is 0 Å². The van der Waals surface area contributed by atoms with Crippen LogP contribution in [0.5, 0.6) is 0 Å². The molecule has 0 saturated heterocycles. The number of carbonyl (C=O) groups is 4. The van der Waals surface area contributed by atoms with Gasteiger partial charge in [-0.2, -0.15) is 0 Å². The molecule has 9 heteroatoms. The molecule has 0 spiro atoms. The van der Waals surface area contributed by atoms with Gasteiger partial charge < -0.3 is 24.6 Å².